The Labute approximate surface area is 571 Å². The number of rotatable bonds is 28. The summed E-state index contributed by atoms with van der Waals surface area (Å²) < 4.78 is 89.3. The summed E-state index contributed by atoms with van der Waals surface area (Å²) in [5.74, 6) is -3.09. The number of benzene rings is 1. The average Bonchev–Trinajstić information content (AvgIpc) is 0.764. The zero-order chi connectivity index (χ0) is 70.1. The number of fused-ring (bicyclic) bond motifs is 2. The number of aliphatic hydroxyl groups is 8. The van der Waals surface area contributed by atoms with Crippen molar-refractivity contribution >= 4 is 30.0 Å². The van der Waals surface area contributed by atoms with Gasteiger partial charge in [0.05, 0.1) is 37.1 Å². The maximum absolute atomic E-state index is 14.5. The summed E-state index contributed by atoms with van der Waals surface area (Å²) in [6.07, 6.45) is -20.3. The van der Waals surface area contributed by atoms with Gasteiger partial charge in [0.1, 0.15) is 73.2 Å². The third kappa shape index (κ3) is 23.6. The highest BCUT2D eigenvalue weighted by Gasteiger charge is 2.59. The molecule has 26 atom stereocenters. The summed E-state index contributed by atoms with van der Waals surface area (Å²) in [5, 5.41) is 92.5. The monoisotopic (exact) mass is 1380 g/mol. The van der Waals surface area contributed by atoms with Crippen molar-refractivity contribution in [2.45, 2.75) is 369 Å². The fraction of sp³-hybridized carbons (Fsp3) is 0.831. The first-order valence-corrected chi connectivity index (χ1v) is 36.1. The molecule has 1 aromatic rings. The van der Waals surface area contributed by atoms with E-state index in [1.165, 1.54) is 26.8 Å². The van der Waals surface area contributed by atoms with Crippen LogP contribution in [0.2, 0.25) is 0 Å². The lowest BCUT2D eigenvalue weighted by molar-refractivity contribution is -0.400. The quantitative estimate of drug-likeness (QED) is 0.0197. The van der Waals surface area contributed by atoms with Crippen LogP contribution in [0.25, 0.3) is 6.08 Å². The van der Waals surface area contributed by atoms with Crippen LogP contribution in [0, 0.1) is 0 Å². The van der Waals surface area contributed by atoms with Gasteiger partial charge in [0.2, 0.25) is 0 Å². The minimum absolute atomic E-state index is 0.0146. The SMILES string of the molecule is CCCCCCCCCC(=O)O[C@H]1[C@H](O[C@@H]2[C@@H](O)[C@H]3OC(=O)CCCCCCCCCC(CCCCC)O[C@@H]4O[C@H](C)[C@H](O)[C@H](O)[C@H]4O[C@@H]3O[C@H]2C)O[C@@H](C)[C@H](O[C@@H]2O[C@@H](C)[C@H](OC(=O)CCCCC)[C@@H](OC(=O)/C=C/c3ccccc3)[C@H]2O)[C@H]1O[C@@H]1O[C@H](CO)[C@@H](O)[C@H](O)[C@H]1O. The molecule has 0 aliphatic carbocycles. The highest BCUT2D eigenvalue weighted by atomic mass is 16.8. The van der Waals surface area contributed by atoms with Crippen LogP contribution < -0.4 is 0 Å². The van der Waals surface area contributed by atoms with E-state index in [1.807, 2.05) is 6.92 Å². The predicted octanol–water partition coefficient (Wildman–Crippen LogP) is 6.32. The van der Waals surface area contributed by atoms with Crippen molar-refractivity contribution in [3.05, 3.63) is 42.0 Å². The molecular weight excluding hydrogens is 1270 g/mol. The van der Waals surface area contributed by atoms with Crippen molar-refractivity contribution < 1.29 is 126 Å². The van der Waals surface area contributed by atoms with Crippen LogP contribution >= 0.6 is 0 Å². The lowest BCUT2D eigenvalue weighted by Gasteiger charge is -2.51. The first kappa shape index (κ1) is 80.4. The maximum atomic E-state index is 14.5. The fourth-order valence-electron chi connectivity index (χ4n) is 13.3. The van der Waals surface area contributed by atoms with Gasteiger partial charge in [-0.15, -0.1) is 0 Å². The molecule has 6 aliphatic heterocycles. The van der Waals surface area contributed by atoms with E-state index in [0.717, 1.165) is 109 Å². The Morgan fingerprint density at radius 2 is 1.02 bits per heavy atom. The van der Waals surface area contributed by atoms with Crippen LogP contribution in [0.5, 0.6) is 0 Å². The van der Waals surface area contributed by atoms with E-state index in [2.05, 4.69) is 13.8 Å². The van der Waals surface area contributed by atoms with Crippen molar-refractivity contribution in [1.29, 1.82) is 0 Å². The second-order valence-electron chi connectivity index (χ2n) is 27.0. The maximum Gasteiger partial charge on any atom is 0.331 e. The number of aliphatic hydroxyl groups excluding tert-OH is 8. The molecule has 554 valence electrons. The number of carbonyl (C=O) groups is 4. The van der Waals surface area contributed by atoms with E-state index in [0.29, 0.717) is 44.1 Å². The molecule has 0 spiro atoms. The molecule has 1 aromatic carbocycles. The van der Waals surface area contributed by atoms with Crippen LogP contribution in [0.3, 0.4) is 0 Å². The molecule has 6 heterocycles. The first-order valence-electron chi connectivity index (χ1n) is 36.1. The van der Waals surface area contributed by atoms with Crippen molar-refractivity contribution in [2.75, 3.05) is 6.61 Å². The van der Waals surface area contributed by atoms with Gasteiger partial charge in [-0.25, -0.2) is 4.79 Å². The number of ether oxygens (including phenoxy) is 14. The van der Waals surface area contributed by atoms with E-state index in [9.17, 15) is 60.0 Å². The number of esters is 4. The van der Waals surface area contributed by atoms with Gasteiger partial charge in [-0.2, -0.15) is 0 Å². The van der Waals surface area contributed by atoms with Crippen LogP contribution in [0.15, 0.2) is 36.4 Å². The Morgan fingerprint density at radius 3 is 1.71 bits per heavy atom. The molecule has 26 nitrogen and oxygen atoms in total. The third-order valence-corrected chi connectivity index (χ3v) is 19.1. The number of unbranched alkanes of at least 4 members (excludes halogenated alkanes) is 10. The van der Waals surface area contributed by atoms with Gasteiger partial charge < -0.3 is 107 Å². The van der Waals surface area contributed by atoms with Crippen LogP contribution in [0.1, 0.15) is 215 Å². The molecule has 0 saturated carbocycles. The number of carbonyl (C=O) groups excluding carboxylic acids is 4. The molecule has 6 fully saturated rings. The second kappa shape index (κ2) is 41.3. The van der Waals surface area contributed by atoms with E-state index in [-0.39, 0.29) is 25.4 Å². The Balaban J connectivity index is 1.25. The van der Waals surface area contributed by atoms with Crippen molar-refractivity contribution in [3.8, 4) is 0 Å². The Hall–Kier alpha value is -3.88. The standard InChI is InChI=1S/C71H114O26/c1-8-11-14-15-17-21-30-37-50(75)93-66-65(97-67-56(81)54(79)53(78)47(40-72)89-67)61(95-68-58(83)62(91-51(76)39-38-45-31-26-23-27-32-45)60(43(6)85-68)90-48(73)35-25-13-10-3)44(7)87-71(66)94-59-42(5)86-70-64(57(59)82)92-49(74)36-29-22-19-16-18-20-28-34-46(33-24-12-9-2)88-69-63(96-70)55(80)52(77)41(4)84-69/h23,26-27,31-32,38-39,41-44,46-47,52-72,77-83H,8-22,24-25,28-30,33-37,40H2,1-7H3/b39-38+/t41-,42+,43+,44+,46?,47-,52+,53-,54+,55+,56-,57-,58-,59+,60+,61+,62+,63-,64-,65-,66-,67+,68+,69+,70+,71+/m1/s1. The highest BCUT2D eigenvalue weighted by molar-refractivity contribution is 5.87. The number of hydrogen-bond donors (Lipinski definition) is 8. The van der Waals surface area contributed by atoms with Crippen LogP contribution in [-0.4, -0.2) is 231 Å². The van der Waals surface area contributed by atoms with Gasteiger partial charge in [0.25, 0.3) is 0 Å². The second-order valence-corrected chi connectivity index (χ2v) is 27.0. The molecule has 0 amide bonds. The minimum Gasteiger partial charge on any atom is -0.455 e. The van der Waals surface area contributed by atoms with Crippen LogP contribution in [0.4, 0.5) is 0 Å². The van der Waals surface area contributed by atoms with Crippen molar-refractivity contribution in [2.24, 2.45) is 0 Å². The normalized spacial score (nSPS) is 38.2. The molecule has 26 heteroatoms. The van der Waals surface area contributed by atoms with Crippen molar-refractivity contribution in [3.63, 3.8) is 0 Å². The summed E-state index contributed by atoms with van der Waals surface area (Å²) in [5.41, 5.74) is 0.656. The third-order valence-electron chi connectivity index (χ3n) is 19.1. The molecule has 0 bridgehead atoms. The molecule has 8 N–H and O–H groups in total. The lowest BCUT2D eigenvalue weighted by atomic mass is 9.95. The number of hydrogen-bond acceptors (Lipinski definition) is 26. The molecule has 0 radical (unpaired) electrons. The van der Waals surface area contributed by atoms with E-state index < -0.39 is 184 Å². The summed E-state index contributed by atoms with van der Waals surface area (Å²) in [7, 11) is 0. The van der Waals surface area contributed by atoms with Gasteiger partial charge in [0.15, 0.2) is 55.9 Å². The summed E-state index contributed by atoms with van der Waals surface area (Å²) in [6, 6.07) is 8.86. The zero-order valence-electron chi connectivity index (χ0n) is 57.9. The molecule has 6 saturated heterocycles. The zero-order valence-corrected chi connectivity index (χ0v) is 57.9. The smallest absolute Gasteiger partial charge is 0.331 e. The lowest BCUT2D eigenvalue weighted by Crippen LogP contribution is -2.68. The predicted molar refractivity (Wildman–Crippen MR) is 347 cm³/mol. The van der Waals surface area contributed by atoms with Gasteiger partial charge in [-0.3, -0.25) is 14.4 Å². The molecule has 7 rings (SSSR count). The van der Waals surface area contributed by atoms with Gasteiger partial charge in [-0.1, -0.05) is 160 Å². The van der Waals surface area contributed by atoms with E-state index in [1.54, 1.807) is 37.3 Å². The first-order chi connectivity index (χ1) is 46.7. The molecule has 0 aromatic heterocycles. The molecular formula is C71H114O26. The molecule has 97 heavy (non-hydrogen) atoms. The van der Waals surface area contributed by atoms with Crippen LogP contribution in [-0.2, 0) is 85.5 Å². The Bertz CT molecular complexity index is 2470. The topological polar surface area (TPSA) is 359 Å². The van der Waals surface area contributed by atoms with Gasteiger partial charge in [-0.05, 0) is 71.4 Å². The largest absolute Gasteiger partial charge is 0.455 e. The fourth-order valence-corrected chi connectivity index (χ4v) is 13.3. The van der Waals surface area contributed by atoms with E-state index >= 15 is 0 Å². The molecule has 6 aliphatic rings. The van der Waals surface area contributed by atoms with E-state index in [4.69, 9.17) is 66.3 Å². The van der Waals surface area contributed by atoms with Gasteiger partial charge >= 0.3 is 23.9 Å². The minimum atomic E-state index is -2.05. The summed E-state index contributed by atoms with van der Waals surface area (Å²) in [6.45, 7) is 11.4. The summed E-state index contributed by atoms with van der Waals surface area (Å²) in [4.78, 5) is 55.7. The average molecular weight is 1380 g/mol. The molecule has 1 unspecified atom stereocenters. The Kier molecular flexibility index (Phi) is 34.2. The Morgan fingerprint density at radius 1 is 0.474 bits per heavy atom. The van der Waals surface area contributed by atoms with Crippen molar-refractivity contribution in [1.82, 2.24) is 0 Å². The highest BCUT2D eigenvalue weighted by Crippen LogP contribution is 2.40. The summed E-state index contributed by atoms with van der Waals surface area (Å²) >= 11 is 0. The van der Waals surface area contributed by atoms with Gasteiger partial charge in [0, 0.05) is 25.3 Å².